The lowest BCUT2D eigenvalue weighted by molar-refractivity contribution is -0.274. The van der Waals surface area contributed by atoms with E-state index < -0.39 is 24.1 Å². The number of amides is 2. The number of alkyl halides is 3. The van der Waals surface area contributed by atoms with Crippen molar-refractivity contribution in [3.05, 3.63) is 24.3 Å². The summed E-state index contributed by atoms with van der Waals surface area (Å²) >= 11 is 0. The van der Waals surface area contributed by atoms with Gasteiger partial charge in [-0.3, -0.25) is 9.59 Å². The van der Waals surface area contributed by atoms with Crippen molar-refractivity contribution in [3.63, 3.8) is 0 Å². The van der Waals surface area contributed by atoms with Gasteiger partial charge in [0.25, 0.3) is 0 Å². The van der Waals surface area contributed by atoms with Crippen LogP contribution in [0.15, 0.2) is 24.3 Å². The van der Waals surface area contributed by atoms with Crippen LogP contribution in [-0.2, 0) is 9.59 Å². The molecule has 142 valence electrons. The van der Waals surface area contributed by atoms with Crippen LogP contribution < -0.4 is 20.7 Å². The molecule has 1 saturated heterocycles. The molecule has 0 aromatic heterocycles. The van der Waals surface area contributed by atoms with E-state index in [0.29, 0.717) is 0 Å². The van der Waals surface area contributed by atoms with Crippen molar-refractivity contribution in [1.82, 2.24) is 10.6 Å². The van der Waals surface area contributed by atoms with Crippen LogP contribution in [-0.4, -0.2) is 36.3 Å². The van der Waals surface area contributed by atoms with Crippen LogP contribution >= 0.6 is 0 Å². The molecule has 3 rings (SSSR count). The second-order valence-electron chi connectivity index (χ2n) is 6.55. The summed E-state index contributed by atoms with van der Waals surface area (Å²) < 4.78 is 40.6. The van der Waals surface area contributed by atoms with Crippen LogP contribution in [0.5, 0.6) is 5.75 Å². The van der Waals surface area contributed by atoms with Gasteiger partial charge in [0.05, 0.1) is 12.5 Å². The Morgan fingerprint density at radius 2 is 1.96 bits per heavy atom. The van der Waals surface area contributed by atoms with Gasteiger partial charge in [-0.1, -0.05) is 18.9 Å². The van der Waals surface area contributed by atoms with E-state index in [2.05, 4.69) is 20.7 Å². The maximum atomic E-state index is 12.3. The van der Waals surface area contributed by atoms with E-state index in [1.54, 1.807) is 0 Å². The van der Waals surface area contributed by atoms with E-state index >= 15 is 0 Å². The molecule has 26 heavy (non-hydrogen) atoms. The first kappa shape index (κ1) is 18.5. The number of carbonyl (C=O) groups is 2. The molecule has 1 aromatic rings. The molecule has 2 fully saturated rings. The fourth-order valence-corrected chi connectivity index (χ4v) is 3.44. The van der Waals surface area contributed by atoms with Crippen molar-refractivity contribution in [2.24, 2.45) is 0 Å². The average Bonchev–Trinajstić information content (AvgIpc) is 2.54. The Hall–Kier alpha value is -2.29. The average molecular weight is 371 g/mol. The largest absolute Gasteiger partial charge is 0.573 e. The minimum Gasteiger partial charge on any atom is -0.406 e. The number of hydrogen-bond donors (Lipinski definition) is 3. The van der Waals surface area contributed by atoms with Gasteiger partial charge in [-0.05, 0) is 25.0 Å². The quantitative estimate of drug-likeness (QED) is 0.759. The van der Waals surface area contributed by atoms with Crippen molar-refractivity contribution in [2.45, 2.75) is 56.6 Å². The van der Waals surface area contributed by atoms with E-state index in [4.69, 9.17) is 0 Å². The smallest absolute Gasteiger partial charge is 0.406 e. The molecule has 1 aliphatic carbocycles. The molecule has 3 atom stereocenters. The van der Waals surface area contributed by atoms with Gasteiger partial charge in [-0.2, -0.15) is 0 Å². The van der Waals surface area contributed by atoms with Crippen molar-refractivity contribution in [3.8, 4) is 5.75 Å². The topological polar surface area (TPSA) is 79.5 Å². The number of fused-ring (bicyclic) bond motifs is 1. The predicted octanol–water partition coefficient (Wildman–Crippen LogP) is 2.31. The highest BCUT2D eigenvalue weighted by molar-refractivity contribution is 5.95. The maximum Gasteiger partial charge on any atom is 0.573 e. The number of ether oxygens (including phenoxy) is 1. The zero-order valence-corrected chi connectivity index (χ0v) is 13.9. The molecule has 1 heterocycles. The standard InChI is InChI=1S/C17H20F3N3O3/c18-17(19,20)26-11-5-3-4-10(8-11)21-15(24)9-14-16(25)23-13-7-2-1-6-12(13)22-14/h3-5,8,12-14,22H,1-2,6-7,9H2,(H,21,24)(H,23,25)/t12-,13+,14+/m1/s1. The molecule has 6 nitrogen and oxygen atoms in total. The second-order valence-corrected chi connectivity index (χ2v) is 6.55. The van der Waals surface area contributed by atoms with E-state index in [-0.39, 0.29) is 30.1 Å². The van der Waals surface area contributed by atoms with E-state index in [1.165, 1.54) is 12.1 Å². The van der Waals surface area contributed by atoms with E-state index in [1.807, 2.05) is 0 Å². The summed E-state index contributed by atoms with van der Waals surface area (Å²) in [6, 6.07) is 4.62. The summed E-state index contributed by atoms with van der Waals surface area (Å²) in [6.07, 6.45) is -0.879. The Balaban J connectivity index is 1.57. The van der Waals surface area contributed by atoms with Gasteiger partial charge in [-0.25, -0.2) is 0 Å². The first-order chi connectivity index (χ1) is 12.3. The van der Waals surface area contributed by atoms with Gasteiger partial charge in [0.15, 0.2) is 0 Å². The van der Waals surface area contributed by atoms with Gasteiger partial charge in [0.2, 0.25) is 11.8 Å². The van der Waals surface area contributed by atoms with Crippen molar-refractivity contribution >= 4 is 17.5 Å². The molecule has 3 N–H and O–H groups in total. The SMILES string of the molecule is O=C(C[C@@H]1N[C@@H]2CCCC[C@@H]2NC1=O)Nc1cccc(OC(F)(F)F)c1. The summed E-state index contributed by atoms with van der Waals surface area (Å²) in [4.78, 5) is 24.3. The number of piperazine rings is 1. The lowest BCUT2D eigenvalue weighted by atomic mass is 9.87. The minimum atomic E-state index is -4.80. The summed E-state index contributed by atoms with van der Waals surface area (Å²) in [5, 5.41) is 8.67. The van der Waals surface area contributed by atoms with Crippen molar-refractivity contribution in [2.75, 3.05) is 5.32 Å². The number of halogens is 3. The normalized spacial score (nSPS) is 25.8. The summed E-state index contributed by atoms with van der Waals surface area (Å²) in [5.41, 5.74) is 0.170. The minimum absolute atomic E-state index is 0.0978. The van der Waals surface area contributed by atoms with Crippen LogP contribution in [0.1, 0.15) is 32.1 Å². The monoisotopic (exact) mass is 371 g/mol. The molecule has 0 radical (unpaired) electrons. The third-order valence-corrected chi connectivity index (χ3v) is 4.57. The molecule has 0 unspecified atom stereocenters. The van der Waals surface area contributed by atoms with Gasteiger partial charge in [-0.15, -0.1) is 13.2 Å². The molecule has 0 spiro atoms. The molecule has 1 saturated carbocycles. The fourth-order valence-electron chi connectivity index (χ4n) is 3.44. The Bertz CT molecular complexity index is 681. The number of anilines is 1. The van der Waals surface area contributed by atoms with Crippen LogP contribution in [0.2, 0.25) is 0 Å². The summed E-state index contributed by atoms with van der Waals surface area (Å²) in [5.74, 6) is -1.11. The van der Waals surface area contributed by atoms with Crippen molar-refractivity contribution < 1.29 is 27.5 Å². The fraction of sp³-hybridized carbons (Fsp3) is 0.529. The van der Waals surface area contributed by atoms with Crippen LogP contribution in [0.25, 0.3) is 0 Å². The van der Waals surface area contributed by atoms with Gasteiger partial charge in [0.1, 0.15) is 5.75 Å². The van der Waals surface area contributed by atoms with E-state index in [0.717, 1.165) is 37.8 Å². The molecule has 0 bridgehead atoms. The van der Waals surface area contributed by atoms with Gasteiger partial charge >= 0.3 is 6.36 Å². The number of nitrogens with one attached hydrogen (secondary N) is 3. The third-order valence-electron chi connectivity index (χ3n) is 4.57. The molecule has 1 aliphatic heterocycles. The molecule has 2 aliphatic rings. The summed E-state index contributed by atoms with van der Waals surface area (Å²) in [6.45, 7) is 0. The lowest BCUT2D eigenvalue weighted by Crippen LogP contribution is -2.65. The number of hydrogen-bond acceptors (Lipinski definition) is 4. The highest BCUT2D eigenvalue weighted by Crippen LogP contribution is 2.25. The first-order valence-corrected chi connectivity index (χ1v) is 8.52. The Morgan fingerprint density at radius 1 is 1.23 bits per heavy atom. The number of carbonyl (C=O) groups excluding carboxylic acids is 2. The number of benzene rings is 1. The molecular weight excluding hydrogens is 351 g/mol. The van der Waals surface area contributed by atoms with Crippen molar-refractivity contribution in [1.29, 1.82) is 0 Å². The van der Waals surface area contributed by atoms with E-state index in [9.17, 15) is 22.8 Å². The van der Waals surface area contributed by atoms with Gasteiger partial charge in [0, 0.05) is 23.8 Å². The highest BCUT2D eigenvalue weighted by atomic mass is 19.4. The van der Waals surface area contributed by atoms with Crippen LogP contribution in [0.3, 0.4) is 0 Å². The predicted molar refractivity (Wildman–Crippen MR) is 87.5 cm³/mol. The van der Waals surface area contributed by atoms with Crippen LogP contribution in [0.4, 0.5) is 18.9 Å². The Kier molecular flexibility index (Phi) is 5.36. The van der Waals surface area contributed by atoms with Crippen LogP contribution in [0, 0.1) is 0 Å². The zero-order valence-electron chi connectivity index (χ0n) is 13.9. The molecule has 9 heteroatoms. The molecule has 1 aromatic carbocycles. The Labute approximate surface area is 148 Å². The third kappa shape index (κ3) is 4.87. The molecular formula is C17H20F3N3O3. The Morgan fingerprint density at radius 3 is 2.69 bits per heavy atom. The maximum absolute atomic E-state index is 12.3. The van der Waals surface area contributed by atoms with Gasteiger partial charge < -0.3 is 20.7 Å². The first-order valence-electron chi connectivity index (χ1n) is 8.52. The molecule has 2 amide bonds. The zero-order chi connectivity index (χ0) is 18.7. The second kappa shape index (κ2) is 7.53. The summed E-state index contributed by atoms with van der Waals surface area (Å²) in [7, 11) is 0. The lowest BCUT2D eigenvalue weighted by Gasteiger charge is -2.40. The number of rotatable bonds is 4. The highest BCUT2D eigenvalue weighted by Gasteiger charge is 2.37.